The molecule has 0 bridgehead atoms. The molecule has 2 aromatic carbocycles. The normalized spacial score (nSPS) is 13.0. The van der Waals surface area contributed by atoms with Crippen LogP contribution in [0.25, 0.3) is 0 Å². The molecule has 1 aliphatic rings. The van der Waals surface area contributed by atoms with E-state index in [0.717, 1.165) is 47.8 Å². The topological polar surface area (TPSA) is 48.0 Å². The van der Waals surface area contributed by atoms with Crippen LogP contribution in [0.1, 0.15) is 37.0 Å². The fraction of sp³-hybridized carbons (Fsp3) is 0.435. The molecule has 0 aliphatic carbocycles. The lowest BCUT2D eigenvalue weighted by atomic mass is 9.98. The zero-order valence-corrected chi connectivity index (χ0v) is 17.0. The van der Waals surface area contributed by atoms with Crippen molar-refractivity contribution in [1.29, 1.82) is 0 Å². The zero-order valence-electron chi connectivity index (χ0n) is 17.0. The molecular formula is C23H29NO4. The minimum atomic E-state index is 0.188. The Balaban J connectivity index is 1.64. The second kappa shape index (κ2) is 9.49. The summed E-state index contributed by atoms with van der Waals surface area (Å²) in [6.07, 6.45) is 2.09. The van der Waals surface area contributed by atoms with Crippen LogP contribution in [0.2, 0.25) is 0 Å². The van der Waals surface area contributed by atoms with Crippen LogP contribution in [0.15, 0.2) is 36.4 Å². The van der Waals surface area contributed by atoms with Crippen molar-refractivity contribution in [3.8, 4) is 17.2 Å². The number of hydrogen-bond acceptors (Lipinski definition) is 4. The number of carbonyl (C=O) groups is 1. The quantitative estimate of drug-likeness (QED) is 0.691. The Bertz CT molecular complexity index is 801. The van der Waals surface area contributed by atoms with E-state index in [-0.39, 0.29) is 5.91 Å². The number of nitrogens with zero attached hydrogens (tertiary/aromatic N) is 1. The third-order valence-electron chi connectivity index (χ3n) is 5.02. The van der Waals surface area contributed by atoms with Gasteiger partial charge in [-0.25, -0.2) is 0 Å². The molecule has 0 radical (unpaired) electrons. The third-order valence-corrected chi connectivity index (χ3v) is 5.02. The number of benzene rings is 2. The van der Waals surface area contributed by atoms with Gasteiger partial charge in [0.2, 0.25) is 5.91 Å². The van der Waals surface area contributed by atoms with Crippen molar-refractivity contribution in [3.63, 3.8) is 0 Å². The molecule has 1 amide bonds. The molecule has 0 fully saturated rings. The number of amides is 1. The van der Waals surface area contributed by atoms with Crippen LogP contribution in [0.3, 0.4) is 0 Å². The van der Waals surface area contributed by atoms with Gasteiger partial charge in [-0.2, -0.15) is 0 Å². The molecule has 0 saturated heterocycles. The van der Waals surface area contributed by atoms with Crippen LogP contribution in [0.5, 0.6) is 17.2 Å². The van der Waals surface area contributed by atoms with Crippen molar-refractivity contribution in [1.82, 2.24) is 4.90 Å². The number of methoxy groups -OCH3 is 1. The highest BCUT2D eigenvalue weighted by molar-refractivity contribution is 5.77. The van der Waals surface area contributed by atoms with Gasteiger partial charge in [-0.1, -0.05) is 12.1 Å². The van der Waals surface area contributed by atoms with E-state index >= 15 is 0 Å². The largest absolute Gasteiger partial charge is 0.497 e. The Morgan fingerprint density at radius 3 is 2.25 bits per heavy atom. The Kier molecular flexibility index (Phi) is 6.80. The maximum atomic E-state index is 12.7. The van der Waals surface area contributed by atoms with Gasteiger partial charge in [0.25, 0.3) is 0 Å². The van der Waals surface area contributed by atoms with Crippen molar-refractivity contribution < 1.29 is 19.0 Å². The van der Waals surface area contributed by atoms with Crippen molar-refractivity contribution in [2.45, 2.75) is 39.7 Å². The molecule has 0 unspecified atom stereocenters. The minimum Gasteiger partial charge on any atom is -0.497 e. The second-order valence-electron chi connectivity index (χ2n) is 6.85. The van der Waals surface area contributed by atoms with Gasteiger partial charge in [0.05, 0.1) is 20.3 Å². The molecule has 150 valence electrons. The minimum absolute atomic E-state index is 0.188. The summed E-state index contributed by atoms with van der Waals surface area (Å²) in [5.41, 5.74) is 3.54. The van der Waals surface area contributed by atoms with Gasteiger partial charge in [0, 0.05) is 19.5 Å². The molecular weight excluding hydrogens is 354 g/mol. The lowest BCUT2D eigenvalue weighted by Crippen LogP contribution is -2.36. The first kappa shape index (κ1) is 20.1. The Morgan fingerprint density at radius 2 is 1.64 bits per heavy atom. The van der Waals surface area contributed by atoms with E-state index in [4.69, 9.17) is 14.2 Å². The van der Waals surface area contributed by atoms with Crippen LogP contribution >= 0.6 is 0 Å². The zero-order chi connectivity index (χ0) is 19.9. The highest BCUT2D eigenvalue weighted by Crippen LogP contribution is 2.34. The first-order valence-electron chi connectivity index (χ1n) is 9.96. The first-order valence-corrected chi connectivity index (χ1v) is 9.96. The average Bonchev–Trinajstić information content (AvgIpc) is 2.73. The van der Waals surface area contributed by atoms with E-state index in [1.54, 1.807) is 7.11 Å². The third kappa shape index (κ3) is 4.77. The molecule has 5 heteroatoms. The van der Waals surface area contributed by atoms with Gasteiger partial charge in [-0.15, -0.1) is 0 Å². The van der Waals surface area contributed by atoms with Crippen LogP contribution in [0, 0.1) is 0 Å². The van der Waals surface area contributed by atoms with Crippen LogP contribution in [-0.4, -0.2) is 37.7 Å². The Labute approximate surface area is 167 Å². The SMILES string of the molecule is CCOc1cc2c(cc1OCC)CN(C(=O)CCc1ccc(OC)cc1)CC2. The van der Waals surface area contributed by atoms with Gasteiger partial charge in [0.1, 0.15) is 5.75 Å². The number of fused-ring (bicyclic) bond motifs is 1. The molecule has 0 N–H and O–H groups in total. The average molecular weight is 383 g/mol. The number of rotatable bonds is 8. The van der Waals surface area contributed by atoms with E-state index in [0.29, 0.717) is 26.2 Å². The summed E-state index contributed by atoms with van der Waals surface area (Å²) in [6.45, 7) is 6.50. The summed E-state index contributed by atoms with van der Waals surface area (Å²) in [6, 6.07) is 12.0. The summed E-state index contributed by atoms with van der Waals surface area (Å²) < 4.78 is 16.6. The van der Waals surface area contributed by atoms with E-state index in [1.165, 1.54) is 5.56 Å². The molecule has 0 saturated carbocycles. The van der Waals surface area contributed by atoms with Gasteiger partial charge in [0.15, 0.2) is 11.5 Å². The van der Waals surface area contributed by atoms with Crippen molar-refractivity contribution in [2.75, 3.05) is 26.9 Å². The Hall–Kier alpha value is -2.69. The van der Waals surface area contributed by atoms with Crippen molar-refractivity contribution >= 4 is 5.91 Å². The molecule has 3 rings (SSSR count). The number of aryl methyl sites for hydroxylation is 1. The smallest absolute Gasteiger partial charge is 0.223 e. The van der Waals surface area contributed by atoms with Gasteiger partial charge < -0.3 is 19.1 Å². The van der Waals surface area contributed by atoms with Crippen molar-refractivity contribution in [3.05, 3.63) is 53.1 Å². The molecule has 1 heterocycles. The summed E-state index contributed by atoms with van der Waals surface area (Å²) in [4.78, 5) is 14.7. The predicted molar refractivity (Wildman–Crippen MR) is 109 cm³/mol. The van der Waals surface area contributed by atoms with E-state index in [1.807, 2.05) is 49.1 Å². The molecule has 1 aliphatic heterocycles. The summed E-state index contributed by atoms with van der Waals surface area (Å²) in [7, 11) is 1.65. The summed E-state index contributed by atoms with van der Waals surface area (Å²) >= 11 is 0. The maximum absolute atomic E-state index is 12.7. The van der Waals surface area contributed by atoms with Crippen LogP contribution in [-0.2, 0) is 24.2 Å². The molecule has 5 nitrogen and oxygen atoms in total. The van der Waals surface area contributed by atoms with Gasteiger partial charge in [-0.3, -0.25) is 4.79 Å². The molecule has 28 heavy (non-hydrogen) atoms. The Morgan fingerprint density at radius 1 is 1.00 bits per heavy atom. The number of ether oxygens (including phenoxy) is 3. The monoisotopic (exact) mass is 383 g/mol. The highest BCUT2D eigenvalue weighted by Gasteiger charge is 2.22. The summed E-state index contributed by atoms with van der Waals surface area (Å²) in [5.74, 6) is 2.57. The first-order chi connectivity index (χ1) is 13.6. The number of hydrogen-bond donors (Lipinski definition) is 0. The van der Waals surface area contributed by atoms with Gasteiger partial charge >= 0.3 is 0 Å². The van der Waals surface area contributed by atoms with E-state index in [2.05, 4.69) is 6.07 Å². The summed E-state index contributed by atoms with van der Waals surface area (Å²) in [5, 5.41) is 0. The molecule has 0 atom stereocenters. The fourth-order valence-electron chi connectivity index (χ4n) is 3.52. The molecule has 0 aromatic heterocycles. The van der Waals surface area contributed by atoms with Gasteiger partial charge in [-0.05, 0) is 67.6 Å². The van der Waals surface area contributed by atoms with Crippen LogP contribution in [0.4, 0.5) is 0 Å². The lowest BCUT2D eigenvalue weighted by Gasteiger charge is -2.30. The molecule has 2 aromatic rings. The van der Waals surface area contributed by atoms with E-state index in [9.17, 15) is 4.79 Å². The second-order valence-corrected chi connectivity index (χ2v) is 6.85. The predicted octanol–water partition coefficient (Wildman–Crippen LogP) is 4.01. The fourth-order valence-corrected chi connectivity index (χ4v) is 3.52. The van der Waals surface area contributed by atoms with E-state index < -0.39 is 0 Å². The molecule has 0 spiro atoms. The van der Waals surface area contributed by atoms with Crippen molar-refractivity contribution in [2.24, 2.45) is 0 Å². The standard InChI is InChI=1S/C23H29NO4/c1-4-27-21-14-18-12-13-24(16-19(18)15-22(21)28-5-2)23(25)11-8-17-6-9-20(26-3)10-7-17/h6-7,9-10,14-15H,4-5,8,11-13,16H2,1-3H3. The highest BCUT2D eigenvalue weighted by atomic mass is 16.5. The maximum Gasteiger partial charge on any atom is 0.223 e. The lowest BCUT2D eigenvalue weighted by molar-refractivity contribution is -0.132. The number of carbonyl (C=O) groups excluding carboxylic acids is 1. The van der Waals surface area contributed by atoms with Crippen LogP contribution < -0.4 is 14.2 Å².